The van der Waals surface area contributed by atoms with Crippen LogP contribution in [0, 0.1) is 0 Å². The van der Waals surface area contributed by atoms with Gasteiger partial charge >= 0.3 is 0 Å². The Morgan fingerprint density at radius 3 is 2.77 bits per heavy atom. The van der Waals surface area contributed by atoms with Gasteiger partial charge < -0.3 is 4.74 Å². The zero-order chi connectivity index (χ0) is 24.6. The number of hydrogen-bond acceptors (Lipinski definition) is 7. The fourth-order valence-electron chi connectivity index (χ4n) is 2.89. The van der Waals surface area contributed by atoms with E-state index in [1.54, 1.807) is 18.2 Å². The molecule has 4 rings (SSSR count). The Morgan fingerprint density at radius 1 is 1.14 bits per heavy atom. The molecule has 12 heteroatoms. The molecule has 8 nitrogen and oxygen atoms in total. The Kier molecular flexibility index (Phi) is 8.75. The number of nitrogens with zero attached hydrogens (tertiary/aromatic N) is 5. The van der Waals surface area contributed by atoms with E-state index >= 15 is 0 Å². The highest BCUT2D eigenvalue weighted by Crippen LogP contribution is 2.26. The molecular formula is C23H17BrCl2N6O2S. The molecule has 178 valence electrons. The third-order valence-electron chi connectivity index (χ3n) is 4.55. The molecule has 0 unspecified atom stereocenters. The number of amides is 1. The van der Waals surface area contributed by atoms with Crippen LogP contribution in [0.25, 0.3) is 11.4 Å². The van der Waals surface area contributed by atoms with Crippen molar-refractivity contribution in [2.24, 2.45) is 5.10 Å². The van der Waals surface area contributed by atoms with Crippen LogP contribution in [0.3, 0.4) is 0 Å². The van der Waals surface area contributed by atoms with Gasteiger partial charge in [0.2, 0.25) is 0 Å². The van der Waals surface area contributed by atoms with E-state index in [9.17, 15) is 4.79 Å². The van der Waals surface area contributed by atoms with Gasteiger partial charge in [-0.3, -0.25) is 4.79 Å². The molecule has 0 fully saturated rings. The highest BCUT2D eigenvalue weighted by Gasteiger charge is 2.11. The standard InChI is InChI=1S/C23H17BrCl2N6O2S/c24-18-7-9-21(34-13-16-6-8-19(25)11-20(16)26)17(10-18)12-27-28-22(33)14-35-32-23(29-30-31-32)15-4-2-1-3-5-15/h1-12H,13-14H2,(H,28,33)/b27-12-. The lowest BCUT2D eigenvalue weighted by Crippen LogP contribution is -2.20. The predicted molar refractivity (Wildman–Crippen MR) is 142 cm³/mol. The average Bonchev–Trinajstić information content (AvgIpc) is 3.32. The summed E-state index contributed by atoms with van der Waals surface area (Å²) in [6, 6.07) is 20.2. The largest absolute Gasteiger partial charge is 0.488 e. The van der Waals surface area contributed by atoms with Crippen molar-refractivity contribution in [3.05, 3.63) is 92.4 Å². The topological polar surface area (TPSA) is 94.3 Å². The first-order chi connectivity index (χ1) is 17.0. The number of hydrazone groups is 1. The van der Waals surface area contributed by atoms with E-state index in [2.05, 4.69) is 42.0 Å². The van der Waals surface area contributed by atoms with E-state index in [0.29, 0.717) is 27.2 Å². The molecule has 0 aliphatic heterocycles. The van der Waals surface area contributed by atoms with Crippen molar-refractivity contribution in [1.29, 1.82) is 0 Å². The summed E-state index contributed by atoms with van der Waals surface area (Å²) in [4.78, 5) is 12.3. The third kappa shape index (κ3) is 7.04. The molecule has 1 aromatic heterocycles. The Balaban J connectivity index is 1.35. The van der Waals surface area contributed by atoms with Gasteiger partial charge in [0, 0.05) is 31.2 Å². The van der Waals surface area contributed by atoms with E-state index in [1.807, 2.05) is 48.5 Å². The van der Waals surface area contributed by atoms with E-state index in [4.69, 9.17) is 27.9 Å². The first kappa shape index (κ1) is 25.2. The summed E-state index contributed by atoms with van der Waals surface area (Å²) in [5.74, 6) is 0.890. The zero-order valence-corrected chi connectivity index (χ0v) is 21.9. The SMILES string of the molecule is O=C(CSn1nnnc1-c1ccccc1)N/N=C\c1cc(Br)ccc1OCc1ccc(Cl)cc1Cl. The minimum Gasteiger partial charge on any atom is -0.488 e. The number of nitrogens with one attached hydrogen (secondary N) is 1. The maximum Gasteiger partial charge on any atom is 0.251 e. The second kappa shape index (κ2) is 12.2. The number of ether oxygens (including phenoxy) is 1. The molecule has 3 aromatic carbocycles. The quantitative estimate of drug-likeness (QED) is 0.200. The van der Waals surface area contributed by atoms with Gasteiger partial charge in [-0.1, -0.05) is 75.5 Å². The molecule has 0 aliphatic carbocycles. The Morgan fingerprint density at radius 2 is 1.97 bits per heavy atom. The van der Waals surface area contributed by atoms with Crippen LogP contribution >= 0.6 is 51.1 Å². The van der Waals surface area contributed by atoms with Crippen LogP contribution in [0.5, 0.6) is 5.75 Å². The molecule has 0 saturated carbocycles. The lowest BCUT2D eigenvalue weighted by molar-refractivity contribution is -0.118. The Labute approximate surface area is 223 Å². The molecule has 0 bridgehead atoms. The Bertz CT molecular complexity index is 1350. The van der Waals surface area contributed by atoms with Crippen molar-refractivity contribution in [2.75, 3.05) is 5.75 Å². The third-order valence-corrected chi connectivity index (χ3v) is 6.52. The van der Waals surface area contributed by atoms with Crippen LogP contribution in [-0.4, -0.2) is 37.5 Å². The van der Waals surface area contributed by atoms with Gasteiger partial charge in [-0.05, 0) is 52.7 Å². The second-order valence-corrected chi connectivity index (χ2v) is 9.67. The van der Waals surface area contributed by atoms with Crippen LogP contribution in [-0.2, 0) is 11.4 Å². The van der Waals surface area contributed by atoms with E-state index in [0.717, 1.165) is 27.5 Å². The van der Waals surface area contributed by atoms with Crippen molar-refractivity contribution in [3.63, 3.8) is 0 Å². The van der Waals surface area contributed by atoms with Crippen LogP contribution < -0.4 is 10.2 Å². The normalized spacial score (nSPS) is 11.1. The number of benzene rings is 3. The molecule has 0 spiro atoms. The van der Waals surface area contributed by atoms with Crippen molar-refractivity contribution in [3.8, 4) is 17.1 Å². The number of aromatic nitrogens is 4. The second-order valence-electron chi connectivity index (χ2n) is 7.01. The molecule has 0 aliphatic rings. The van der Waals surface area contributed by atoms with Gasteiger partial charge in [0.25, 0.3) is 5.91 Å². The van der Waals surface area contributed by atoms with Crippen molar-refractivity contribution >= 4 is 63.2 Å². The minimum absolute atomic E-state index is 0.0686. The predicted octanol–water partition coefficient (Wildman–Crippen LogP) is 5.64. The van der Waals surface area contributed by atoms with Crippen molar-refractivity contribution in [2.45, 2.75) is 6.61 Å². The first-order valence-corrected chi connectivity index (χ1v) is 12.6. The molecule has 0 atom stereocenters. The zero-order valence-electron chi connectivity index (χ0n) is 17.9. The van der Waals surface area contributed by atoms with Crippen molar-refractivity contribution in [1.82, 2.24) is 25.0 Å². The van der Waals surface area contributed by atoms with Crippen LogP contribution in [0.4, 0.5) is 0 Å². The number of halogens is 3. The lowest BCUT2D eigenvalue weighted by atomic mass is 10.2. The van der Waals surface area contributed by atoms with Crippen LogP contribution in [0.2, 0.25) is 10.0 Å². The number of rotatable bonds is 9. The van der Waals surface area contributed by atoms with E-state index in [-0.39, 0.29) is 18.3 Å². The average molecular weight is 592 g/mol. The van der Waals surface area contributed by atoms with Crippen LogP contribution in [0.15, 0.2) is 76.3 Å². The summed E-state index contributed by atoms with van der Waals surface area (Å²) in [5, 5.41) is 16.8. The number of hydrogen-bond donors (Lipinski definition) is 1. The number of carbonyl (C=O) groups is 1. The highest BCUT2D eigenvalue weighted by molar-refractivity contribution is 9.10. The maximum absolute atomic E-state index is 12.3. The summed E-state index contributed by atoms with van der Waals surface area (Å²) in [7, 11) is 0. The lowest BCUT2D eigenvalue weighted by Gasteiger charge is -2.11. The smallest absolute Gasteiger partial charge is 0.251 e. The monoisotopic (exact) mass is 590 g/mol. The molecule has 0 saturated heterocycles. The van der Waals surface area contributed by atoms with Gasteiger partial charge in [0.05, 0.1) is 12.0 Å². The van der Waals surface area contributed by atoms with E-state index < -0.39 is 0 Å². The Hall–Kier alpha value is -2.92. The molecular weight excluding hydrogens is 575 g/mol. The summed E-state index contributed by atoms with van der Waals surface area (Å²) < 4.78 is 8.26. The highest BCUT2D eigenvalue weighted by atomic mass is 79.9. The number of tetrazole rings is 1. The minimum atomic E-state index is -0.314. The molecule has 1 N–H and O–H groups in total. The van der Waals surface area contributed by atoms with Gasteiger partial charge in [0.15, 0.2) is 5.82 Å². The molecule has 1 amide bonds. The maximum atomic E-state index is 12.3. The van der Waals surface area contributed by atoms with Gasteiger partial charge in [-0.25, -0.2) is 5.43 Å². The molecule has 0 radical (unpaired) electrons. The summed E-state index contributed by atoms with van der Waals surface area (Å²) in [5.41, 5.74) is 4.83. The molecule has 1 heterocycles. The van der Waals surface area contributed by atoms with Gasteiger partial charge in [-0.15, -0.1) is 5.10 Å². The van der Waals surface area contributed by atoms with Crippen LogP contribution in [0.1, 0.15) is 11.1 Å². The summed E-state index contributed by atoms with van der Waals surface area (Å²) in [6.45, 7) is 0.247. The van der Waals surface area contributed by atoms with Gasteiger partial charge in [0.1, 0.15) is 12.4 Å². The van der Waals surface area contributed by atoms with E-state index in [1.165, 1.54) is 10.3 Å². The summed E-state index contributed by atoms with van der Waals surface area (Å²) >= 11 is 16.8. The summed E-state index contributed by atoms with van der Waals surface area (Å²) in [6.07, 6.45) is 1.51. The first-order valence-electron chi connectivity index (χ1n) is 10.1. The fraction of sp³-hybridized carbons (Fsp3) is 0.0870. The molecule has 35 heavy (non-hydrogen) atoms. The van der Waals surface area contributed by atoms with Crippen molar-refractivity contribution < 1.29 is 9.53 Å². The fourth-order valence-corrected chi connectivity index (χ4v) is 4.39. The number of carbonyl (C=O) groups excluding carboxylic acids is 1. The van der Waals surface area contributed by atoms with Gasteiger partial charge in [-0.2, -0.15) is 9.19 Å². The molecule has 4 aromatic rings.